The summed E-state index contributed by atoms with van der Waals surface area (Å²) in [7, 11) is 0. The molecular formula is C31H37ClN6OS. The minimum absolute atomic E-state index is 0.103. The van der Waals surface area contributed by atoms with Crippen molar-refractivity contribution in [3.05, 3.63) is 76.3 Å². The number of anilines is 3. The van der Waals surface area contributed by atoms with E-state index in [0.717, 1.165) is 74.8 Å². The Kier molecular flexibility index (Phi) is 8.10. The van der Waals surface area contributed by atoms with Crippen LogP contribution in [-0.4, -0.2) is 47.9 Å². The summed E-state index contributed by atoms with van der Waals surface area (Å²) in [6, 6.07) is 18.9. The second-order valence-corrected chi connectivity index (χ2v) is 12.3. The van der Waals surface area contributed by atoms with Crippen LogP contribution in [-0.2, 0) is 23.2 Å². The van der Waals surface area contributed by atoms with Crippen LogP contribution in [0.25, 0.3) is 0 Å². The second kappa shape index (κ2) is 11.9. The molecule has 9 heteroatoms. The lowest BCUT2D eigenvalue weighted by Gasteiger charge is -2.38. The number of hydrogen-bond donors (Lipinski definition) is 2. The van der Waals surface area contributed by atoms with Crippen molar-refractivity contribution in [3.63, 3.8) is 0 Å². The van der Waals surface area contributed by atoms with Gasteiger partial charge in [0.25, 0.3) is 0 Å². The molecule has 0 unspecified atom stereocenters. The molecule has 0 saturated carbocycles. The molecule has 2 N–H and O–H groups in total. The Labute approximate surface area is 247 Å². The van der Waals surface area contributed by atoms with Crippen molar-refractivity contribution in [1.82, 2.24) is 15.3 Å². The molecule has 6 rings (SSSR count). The predicted octanol–water partition coefficient (Wildman–Crippen LogP) is 5.92. The van der Waals surface area contributed by atoms with Crippen LogP contribution >= 0.6 is 23.8 Å². The number of thiocarbonyl (C=S) groups is 1. The predicted molar refractivity (Wildman–Crippen MR) is 166 cm³/mol. The van der Waals surface area contributed by atoms with Gasteiger partial charge in [-0.15, -0.1) is 0 Å². The molecule has 0 amide bonds. The first kappa shape index (κ1) is 27.2. The van der Waals surface area contributed by atoms with Crippen LogP contribution in [0.1, 0.15) is 49.3 Å². The smallest absolute Gasteiger partial charge is 0.232 e. The minimum atomic E-state index is -0.103. The van der Waals surface area contributed by atoms with Gasteiger partial charge >= 0.3 is 0 Å². The number of rotatable bonds is 6. The van der Waals surface area contributed by atoms with Gasteiger partial charge in [-0.1, -0.05) is 54.9 Å². The van der Waals surface area contributed by atoms with Crippen LogP contribution < -0.4 is 20.4 Å². The first-order valence-electron chi connectivity index (χ1n) is 14.3. The number of halogens is 1. The van der Waals surface area contributed by atoms with E-state index < -0.39 is 0 Å². The van der Waals surface area contributed by atoms with Crippen molar-refractivity contribution >= 4 is 46.5 Å². The van der Waals surface area contributed by atoms with E-state index in [4.69, 9.17) is 38.5 Å². The van der Waals surface area contributed by atoms with Gasteiger partial charge in [-0.05, 0) is 72.6 Å². The summed E-state index contributed by atoms with van der Waals surface area (Å²) in [6.45, 7) is 8.14. The molecule has 0 radical (unpaired) electrons. The lowest BCUT2D eigenvalue weighted by Crippen LogP contribution is -2.45. The van der Waals surface area contributed by atoms with Crippen molar-refractivity contribution in [1.29, 1.82) is 0 Å². The average Bonchev–Trinajstić information content (AvgIpc) is 3.42. The third-order valence-corrected chi connectivity index (χ3v) is 9.15. The van der Waals surface area contributed by atoms with Gasteiger partial charge in [-0.2, -0.15) is 9.97 Å². The fraction of sp³-hybridized carbons (Fsp3) is 0.452. The average molecular weight is 577 g/mol. The first-order valence-corrected chi connectivity index (χ1v) is 15.1. The van der Waals surface area contributed by atoms with Crippen molar-refractivity contribution in [3.8, 4) is 0 Å². The maximum absolute atomic E-state index is 6.37. The SMILES string of the molecule is CC1CCN(c2cc(N3Cc4ccccc4C3)nc(NC(=S)NCC3(c4cccc(Cl)c4)CCOCC3)n2)CC1. The maximum Gasteiger partial charge on any atom is 0.232 e. The molecule has 2 aromatic carbocycles. The maximum atomic E-state index is 6.37. The lowest BCUT2D eigenvalue weighted by molar-refractivity contribution is 0.0515. The summed E-state index contributed by atoms with van der Waals surface area (Å²) in [5.41, 5.74) is 3.81. The number of ether oxygens (including phenoxy) is 1. The summed E-state index contributed by atoms with van der Waals surface area (Å²) < 4.78 is 5.70. The zero-order chi connectivity index (χ0) is 27.5. The molecule has 4 heterocycles. The van der Waals surface area contributed by atoms with E-state index in [0.29, 0.717) is 17.6 Å². The minimum Gasteiger partial charge on any atom is -0.381 e. The van der Waals surface area contributed by atoms with Crippen molar-refractivity contribution in [2.24, 2.45) is 5.92 Å². The molecule has 2 fully saturated rings. The van der Waals surface area contributed by atoms with Gasteiger partial charge in [0.2, 0.25) is 5.95 Å². The van der Waals surface area contributed by atoms with E-state index >= 15 is 0 Å². The Morgan fingerprint density at radius 2 is 1.65 bits per heavy atom. The molecule has 3 aliphatic heterocycles. The summed E-state index contributed by atoms with van der Waals surface area (Å²) in [5, 5.41) is 8.07. The molecule has 0 atom stereocenters. The number of aromatic nitrogens is 2. The fourth-order valence-corrected chi connectivity index (χ4v) is 6.43. The van der Waals surface area contributed by atoms with E-state index in [1.807, 2.05) is 12.1 Å². The molecule has 210 valence electrons. The van der Waals surface area contributed by atoms with Crippen LogP contribution in [0, 0.1) is 5.92 Å². The molecule has 7 nitrogen and oxygen atoms in total. The highest BCUT2D eigenvalue weighted by atomic mass is 35.5. The van der Waals surface area contributed by atoms with Gasteiger partial charge in [0.15, 0.2) is 5.11 Å². The van der Waals surface area contributed by atoms with Gasteiger partial charge in [0.05, 0.1) is 0 Å². The number of benzene rings is 2. The number of nitrogens with zero attached hydrogens (tertiary/aromatic N) is 4. The summed E-state index contributed by atoms with van der Waals surface area (Å²) in [5.74, 6) is 3.16. The van der Waals surface area contributed by atoms with Crippen LogP contribution in [0.4, 0.5) is 17.6 Å². The Hall–Kier alpha value is -2.94. The quantitative estimate of drug-likeness (QED) is 0.351. The third-order valence-electron chi connectivity index (χ3n) is 8.67. The Morgan fingerprint density at radius 1 is 0.975 bits per heavy atom. The third kappa shape index (κ3) is 6.04. The largest absolute Gasteiger partial charge is 0.381 e. The number of fused-ring (bicyclic) bond motifs is 1. The Morgan fingerprint density at radius 3 is 2.33 bits per heavy atom. The Bertz CT molecular complexity index is 1330. The van der Waals surface area contributed by atoms with E-state index in [1.165, 1.54) is 29.5 Å². The highest BCUT2D eigenvalue weighted by Crippen LogP contribution is 2.36. The zero-order valence-corrected chi connectivity index (χ0v) is 24.6. The first-order chi connectivity index (χ1) is 19.5. The fourth-order valence-electron chi connectivity index (χ4n) is 6.08. The van der Waals surface area contributed by atoms with Crippen LogP contribution in [0.5, 0.6) is 0 Å². The van der Waals surface area contributed by atoms with Crippen molar-refractivity contribution in [2.75, 3.05) is 48.0 Å². The topological polar surface area (TPSA) is 65.5 Å². The highest BCUT2D eigenvalue weighted by molar-refractivity contribution is 7.80. The summed E-state index contributed by atoms with van der Waals surface area (Å²) >= 11 is 12.2. The van der Waals surface area contributed by atoms with E-state index in [9.17, 15) is 0 Å². The molecule has 3 aromatic rings. The van der Waals surface area contributed by atoms with Gasteiger partial charge in [0, 0.05) is 62.4 Å². The van der Waals surface area contributed by atoms with Gasteiger partial charge in [0.1, 0.15) is 11.6 Å². The molecule has 3 aliphatic rings. The molecular weight excluding hydrogens is 540 g/mol. The van der Waals surface area contributed by atoms with Crippen LogP contribution in [0.3, 0.4) is 0 Å². The molecule has 0 spiro atoms. The second-order valence-electron chi connectivity index (χ2n) is 11.4. The lowest BCUT2D eigenvalue weighted by atomic mass is 9.74. The van der Waals surface area contributed by atoms with E-state index in [2.05, 4.69) is 69.8 Å². The van der Waals surface area contributed by atoms with Crippen molar-refractivity contribution < 1.29 is 4.74 Å². The standard InChI is InChI=1S/C31H37ClN6OS/c1-22-9-13-37(14-10-22)27-18-28(38-19-23-5-2-3-6-24(23)20-38)35-29(34-27)36-30(40)33-21-31(11-15-39-16-12-31)25-7-4-8-26(32)17-25/h2-8,17-18,22H,9-16,19-21H2,1H3,(H2,33,34,35,36,40). The number of hydrogen-bond acceptors (Lipinski definition) is 6. The van der Waals surface area contributed by atoms with E-state index in [1.54, 1.807) is 0 Å². The van der Waals surface area contributed by atoms with Crippen LogP contribution in [0.15, 0.2) is 54.6 Å². The van der Waals surface area contributed by atoms with Gasteiger partial charge in [-0.25, -0.2) is 0 Å². The summed E-state index contributed by atoms with van der Waals surface area (Å²) in [6.07, 6.45) is 4.16. The van der Waals surface area contributed by atoms with Crippen LogP contribution in [0.2, 0.25) is 5.02 Å². The molecule has 0 bridgehead atoms. The highest BCUT2D eigenvalue weighted by Gasteiger charge is 2.35. The van der Waals surface area contributed by atoms with Crippen molar-refractivity contribution in [2.45, 2.75) is 51.1 Å². The number of piperidine rings is 1. The molecule has 0 aliphatic carbocycles. The molecule has 1 aromatic heterocycles. The van der Waals surface area contributed by atoms with Gasteiger partial charge in [-0.3, -0.25) is 0 Å². The van der Waals surface area contributed by atoms with E-state index in [-0.39, 0.29) is 5.41 Å². The molecule has 40 heavy (non-hydrogen) atoms. The summed E-state index contributed by atoms with van der Waals surface area (Å²) in [4.78, 5) is 14.6. The monoisotopic (exact) mass is 576 g/mol. The zero-order valence-electron chi connectivity index (χ0n) is 23.0. The normalized spacial score (nSPS) is 18.9. The molecule has 2 saturated heterocycles. The Balaban J connectivity index is 1.21. The number of nitrogens with one attached hydrogen (secondary N) is 2. The van der Waals surface area contributed by atoms with Gasteiger partial charge < -0.3 is 25.2 Å².